The molecule has 0 spiro atoms. The van der Waals surface area contributed by atoms with Crippen molar-refractivity contribution in [1.29, 1.82) is 0 Å². The van der Waals surface area contributed by atoms with Gasteiger partial charge in [-0.15, -0.1) is 5.10 Å². The van der Waals surface area contributed by atoms with Crippen molar-refractivity contribution >= 4 is 22.6 Å². The Kier molecular flexibility index (Phi) is 6.52. The highest BCUT2D eigenvalue weighted by Gasteiger charge is 2.28. The standard InChI is InChI=1S/C27H28N6O2/c1-20-26(29-30-33(20)24-11-6-10-22-19-28-14-13-23(22)24)27(35)32-17-15-31(16-18-32)25(34)12-5-9-21-7-3-2-4-8-21/h2-4,6-8,10-11,13-14,19H,5,9,12,15-18H2,1H3. The monoisotopic (exact) mass is 468 g/mol. The first-order valence-corrected chi connectivity index (χ1v) is 12.0. The van der Waals surface area contributed by atoms with Crippen LogP contribution in [-0.2, 0) is 11.2 Å². The second-order valence-electron chi connectivity index (χ2n) is 8.82. The highest BCUT2D eigenvalue weighted by atomic mass is 16.2. The van der Waals surface area contributed by atoms with E-state index in [-0.39, 0.29) is 11.8 Å². The van der Waals surface area contributed by atoms with Gasteiger partial charge in [-0.2, -0.15) is 0 Å². The summed E-state index contributed by atoms with van der Waals surface area (Å²) in [7, 11) is 0. The molecule has 4 aromatic rings. The molecule has 1 saturated heterocycles. The Labute approximate surface area is 204 Å². The molecule has 35 heavy (non-hydrogen) atoms. The number of carbonyl (C=O) groups excluding carboxylic acids is 2. The fourth-order valence-corrected chi connectivity index (χ4v) is 4.60. The van der Waals surface area contributed by atoms with E-state index in [1.165, 1.54) is 5.56 Å². The number of hydrogen-bond acceptors (Lipinski definition) is 5. The molecule has 0 aliphatic carbocycles. The van der Waals surface area contributed by atoms with Crippen molar-refractivity contribution in [3.63, 3.8) is 0 Å². The number of piperazine rings is 1. The lowest BCUT2D eigenvalue weighted by molar-refractivity contribution is -0.132. The molecular weight excluding hydrogens is 440 g/mol. The van der Waals surface area contributed by atoms with E-state index in [1.807, 2.05) is 54.3 Å². The van der Waals surface area contributed by atoms with E-state index in [1.54, 1.807) is 22.0 Å². The van der Waals surface area contributed by atoms with E-state index in [4.69, 9.17) is 0 Å². The molecule has 8 heteroatoms. The number of fused-ring (bicyclic) bond motifs is 1. The van der Waals surface area contributed by atoms with Gasteiger partial charge in [-0.1, -0.05) is 47.7 Å². The van der Waals surface area contributed by atoms with Crippen LogP contribution < -0.4 is 0 Å². The Morgan fingerprint density at radius 1 is 0.914 bits per heavy atom. The largest absolute Gasteiger partial charge is 0.339 e. The molecule has 5 rings (SSSR count). The fourth-order valence-electron chi connectivity index (χ4n) is 4.60. The molecule has 8 nitrogen and oxygen atoms in total. The molecule has 2 aromatic carbocycles. The minimum Gasteiger partial charge on any atom is -0.339 e. The summed E-state index contributed by atoms with van der Waals surface area (Å²) in [6.07, 6.45) is 5.80. The van der Waals surface area contributed by atoms with Gasteiger partial charge in [-0.25, -0.2) is 4.68 Å². The maximum atomic E-state index is 13.2. The minimum absolute atomic E-state index is 0.146. The van der Waals surface area contributed by atoms with Crippen LogP contribution in [0.1, 0.15) is 34.6 Å². The highest BCUT2D eigenvalue weighted by Crippen LogP contribution is 2.23. The van der Waals surface area contributed by atoms with Crippen molar-refractivity contribution < 1.29 is 9.59 Å². The normalized spacial score (nSPS) is 13.9. The summed E-state index contributed by atoms with van der Waals surface area (Å²) in [5.41, 5.74) is 3.15. The lowest BCUT2D eigenvalue weighted by Crippen LogP contribution is -2.50. The molecule has 2 amide bonds. The van der Waals surface area contributed by atoms with E-state index in [9.17, 15) is 9.59 Å². The average molecular weight is 469 g/mol. The third-order valence-electron chi connectivity index (χ3n) is 6.60. The van der Waals surface area contributed by atoms with Gasteiger partial charge in [0.1, 0.15) is 0 Å². The van der Waals surface area contributed by atoms with Gasteiger partial charge in [-0.3, -0.25) is 14.6 Å². The Hall–Kier alpha value is -4.07. The zero-order valence-electron chi connectivity index (χ0n) is 19.8. The second-order valence-corrected chi connectivity index (χ2v) is 8.82. The summed E-state index contributed by atoms with van der Waals surface area (Å²) in [4.78, 5) is 33.7. The molecule has 0 radical (unpaired) electrons. The van der Waals surface area contributed by atoms with Crippen molar-refractivity contribution in [2.45, 2.75) is 26.2 Å². The first-order chi connectivity index (χ1) is 17.1. The zero-order valence-corrected chi connectivity index (χ0v) is 19.8. The lowest BCUT2D eigenvalue weighted by atomic mass is 10.1. The summed E-state index contributed by atoms with van der Waals surface area (Å²) in [6.45, 7) is 3.93. The van der Waals surface area contributed by atoms with Gasteiger partial charge in [0.15, 0.2) is 5.69 Å². The van der Waals surface area contributed by atoms with Crippen LogP contribution in [0.15, 0.2) is 67.0 Å². The number of hydrogen-bond donors (Lipinski definition) is 0. The number of aromatic nitrogens is 4. The van der Waals surface area contributed by atoms with Gasteiger partial charge in [0.05, 0.1) is 11.4 Å². The summed E-state index contributed by atoms with van der Waals surface area (Å²) >= 11 is 0. The highest BCUT2D eigenvalue weighted by molar-refractivity contribution is 5.94. The SMILES string of the molecule is Cc1c(C(=O)N2CCN(C(=O)CCCc3ccccc3)CC2)nnn1-c1cccc2cnccc12. The smallest absolute Gasteiger partial charge is 0.276 e. The van der Waals surface area contributed by atoms with Gasteiger partial charge < -0.3 is 9.80 Å². The topological polar surface area (TPSA) is 84.2 Å². The molecule has 0 bridgehead atoms. The molecule has 1 aliphatic heterocycles. The first kappa shape index (κ1) is 22.7. The van der Waals surface area contributed by atoms with E-state index in [0.717, 1.165) is 29.3 Å². The van der Waals surface area contributed by atoms with Gasteiger partial charge in [-0.05, 0) is 37.5 Å². The summed E-state index contributed by atoms with van der Waals surface area (Å²) in [5, 5.41) is 10.5. The van der Waals surface area contributed by atoms with Gasteiger partial charge >= 0.3 is 0 Å². The number of nitrogens with zero attached hydrogens (tertiary/aromatic N) is 6. The van der Waals surface area contributed by atoms with Crippen LogP contribution in [0.5, 0.6) is 0 Å². The average Bonchev–Trinajstić information content (AvgIpc) is 3.29. The predicted octanol–water partition coefficient (Wildman–Crippen LogP) is 3.43. The van der Waals surface area contributed by atoms with E-state index >= 15 is 0 Å². The third-order valence-corrected chi connectivity index (χ3v) is 6.60. The zero-order chi connectivity index (χ0) is 24.2. The molecular formula is C27H28N6O2. The van der Waals surface area contributed by atoms with Crippen LogP contribution in [0.4, 0.5) is 0 Å². The summed E-state index contributed by atoms with van der Waals surface area (Å²) in [5.74, 6) is 0.00688. The maximum Gasteiger partial charge on any atom is 0.276 e. The Bertz CT molecular complexity index is 1340. The fraction of sp³-hybridized carbons (Fsp3) is 0.296. The molecule has 0 N–H and O–H groups in total. The first-order valence-electron chi connectivity index (χ1n) is 12.0. The minimum atomic E-state index is -0.146. The second kappa shape index (κ2) is 10.0. The van der Waals surface area contributed by atoms with Crippen LogP contribution in [0.3, 0.4) is 0 Å². The molecule has 1 aliphatic rings. The number of pyridine rings is 1. The maximum absolute atomic E-state index is 13.2. The van der Waals surface area contributed by atoms with Crippen molar-refractivity contribution in [3.05, 3.63) is 83.9 Å². The van der Waals surface area contributed by atoms with Crippen LogP contribution in [0, 0.1) is 6.92 Å². The Morgan fingerprint density at radius 3 is 2.49 bits per heavy atom. The van der Waals surface area contributed by atoms with E-state index in [2.05, 4.69) is 27.4 Å². The summed E-state index contributed by atoms with van der Waals surface area (Å²) < 4.78 is 1.71. The number of benzene rings is 2. The molecule has 178 valence electrons. The third kappa shape index (κ3) is 4.77. The Morgan fingerprint density at radius 2 is 1.69 bits per heavy atom. The van der Waals surface area contributed by atoms with Gasteiger partial charge in [0.2, 0.25) is 5.91 Å². The Balaban J connectivity index is 1.20. The van der Waals surface area contributed by atoms with Crippen LogP contribution in [-0.4, -0.2) is 67.8 Å². The lowest BCUT2D eigenvalue weighted by Gasteiger charge is -2.34. The van der Waals surface area contributed by atoms with E-state index in [0.29, 0.717) is 44.0 Å². The molecule has 2 aromatic heterocycles. The quantitative estimate of drug-likeness (QED) is 0.433. The van der Waals surface area contributed by atoms with Crippen LogP contribution in [0.2, 0.25) is 0 Å². The van der Waals surface area contributed by atoms with Crippen molar-refractivity contribution in [3.8, 4) is 5.69 Å². The number of rotatable bonds is 6. The molecule has 3 heterocycles. The number of aryl methyl sites for hydroxylation is 1. The van der Waals surface area contributed by atoms with Crippen molar-refractivity contribution in [2.75, 3.05) is 26.2 Å². The van der Waals surface area contributed by atoms with Gasteiger partial charge in [0, 0.05) is 55.8 Å². The van der Waals surface area contributed by atoms with Crippen molar-refractivity contribution in [2.24, 2.45) is 0 Å². The van der Waals surface area contributed by atoms with Crippen molar-refractivity contribution in [1.82, 2.24) is 29.8 Å². The van der Waals surface area contributed by atoms with Crippen LogP contribution in [0.25, 0.3) is 16.5 Å². The molecule has 1 fully saturated rings. The number of amides is 2. The molecule has 0 unspecified atom stereocenters. The summed E-state index contributed by atoms with van der Waals surface area (Å²) in [6, 6.07) is 18.0. The van der Waals surface area contributed by atoms with Crippen LogP contribution >= 0.6 is 0 Å². The van der Waals surface area contributed by atoms with E-state index < -0.39 is 0 Å². The number of carbonyl (C=O) groups is 2. The predicted molar refractivity (Wildman–Crippen MR) is 133 cm³/mol. The molecule has 0 saturated carbocycles. The molecule has 0 atom stereocenters. The van der Waals surface area contributed by atoms with Gasteiger partial charge in [0.25, 0.3) is 5.91 Å².